The molecule has 18 heavy (non-hydrogen) atoms. The van der Waals surface area contributed by atoms with E-state index in [1.807, 2.05) is 5.32 Å². The summed E-state index contributed by atoms with van der Waals surface area (Å²) in [6.07, 6.45) is 2.42. The Balaban J connectivity index is 2.47. The van der Waals surface area contributed by atoms with E-state index in [9.17, 15) is 18.0 Å². The first-order chi connectivity index (χ1) is 8.43. The number of halogens is 3. The van der Waals surface area contributed by atoms with Crippen LogP contribution in [0.4, 0.5) is 13.2 Å². The molecule has 3 nitrogen and oxygen atoms in total. The predicted molar refractivity (Wildman–Crippen MR) is 60.5 cm³/mol. The SMILES string of the molecule is O=C(/C=C/c1ccc(F)cc1)NCC(F)(F)CO. The molecule has 0 radical (unpaired) electrons. The van der Waals surface area contributed by atoms with Gasteiger partial charge in [-0.05, 0) is 23.8 Å². The minimum absolute atomic E-state index is 0.404. The first kappa shape index (κ1) is 14.2. The standard InChI is InChI=1S/C12H12F3NO2/c13-10-4-1-9(2-5-10)3-6-11(18)16-7-12(14,15)8-17/h1-6,17H,7-8H2,(H,16,18)/b6-3+. The van der Waals surface area contributed by atoms with Crippen LogP contribution in [0.25, 0.3) is 6.08 Å². The van der Waals surface area contributed by atoms with E-state index in [0.29, 0.717) is 5.56 Å². The van der Waals surface area contributed by atoms with Crippen LogP contribution in [0.5, 0.6) is 0 Å². The number of amides is 1. The van der Waals surface area contributed by atoms with Crippen LogP contribution in [-0.2, 0) is 4.79 Å². The molecular formula is C12H12F3NO2. The Hall–Kier alpha value is -1.82. The molecule has 6 heteroatoms. The van der Waals surface area contributed by atoms with Gasteiger partial charge in [-0.25, -0.2) is 13.2 Å². The van der Waals surface area contributed by atoms with Gasteiger partial charge in [0.25, 0.3) is 5.92 Å². The van der Waals surface area contributed by atoms with E-state index < -0.39 is 30.8 Å². The molecule has 0 saturated heterocycles. The lowest BCUT2D eigenvalue weighted by Gasteiger charge is -2.12. The Bertz CT molecular complexity index is 429. The van der Waals surface area contributed by atoms with Crippen LogP contribution in [0, 0.1) is 5.82 Å². The van der Waals surface area contributed by atoms with Gasteiger partial charge in [0.2, 0.25) is 5.91 Å². The van der Waals surface area contributed by atoms with Gasteiger partial charge in [-0.2, -0.15) is 0 Å². The minimum Gasteiger partial charge on any atom is -0.390 e. The fourth-order valence-electron chi connectivity index (χ4n) is 1.08. The summed E-state index contributed by atoms with van der Waals surface area (Å²) >= 11 is 0. The number of nitrogens with one attached hydrogen (secondary N) is 1. The first-order valence-electron chi connectivity index (χ1n) is 5.13. The summed E-state index contributed by atoms with van der Waals surface area (Å²) in [6, 6.07) is 5.33. The first-order valence-corrected chi connectivity index (χ1v) is 5.13. The average molecular weight is 259 g/mol. The van der Waals surface area contributed by atoms with E-state index in [1.165, 1.54) is 30.3 Å². The van der Waals surface area contributed by atoms with Crippen molar-refractivity contribution in [3.63, 3.8) is 0 Å². The van der Waals surface area contributed by atoms with Crippen molar-refractivity contribution in [2.24, 2.45) is 0 Å². The van der Waals surface area contributed by atoms with Crippen LogP contribution in [0.1, 0.15) is 5.56 Å². The fourth-order valence-corrected chi connectivity index (χ4v) is 1.08. The Kier molecular flexibility index (Phi) is 4.91. The second kappa shape index (κ2) is 6.20. The molecular weight excluding hydrogens is 247 g/mol. The summed E-state index contributed by atoms with van der Waals surface area (Å²) in [5, 5.41) is 10.2. The van der Waals surface area contributed by atoms with Gasteiger partial charge < -0.3 is 10.4 Å². The fraction of sp³-hybridized carbons (Fsp3) is 0.250. The molecule has 0 spiro atoms. The van der Waals surface area contributed by atoms with Gasteiger partial charge in [0.1, 0.15) is 12.4 Å². The Morgan fingerprint density at radius 2 is 1.94 bits per heavy atom. The zero-order chi connectivity index (χ0) is 13.6. The van der Waals surface area contributed by atoms with E-state index in [0.717, 1.165) is 6.08 Å². The molecule has 0 aromatic heterocycles. The number of alkyl halides is 2. The second-order valence-corrected chi connectivity index (χ2v) is 3.62. The van der Waals surface area contributed by atoms with E-state index >= 15 is 0 Å². The van der Waals surface area contributed by atoms with Crippen molar-refractivity contribution in [1.29, 1.82) is 0 Å². The van der Waals surface area contributed by atoms with Gasteiger partial charge >= 0.3 is 0 Å². The molecule has 0 aliphatic heterocycles. The van der Waals surface area contributed by atoms with Crippen molar-refractivity contribution in [3.8, 4) is 0 Å². The number of benzene rings is 1. The molecule has 0 aliphatic rings. The Labute approximate surface area is 102 Å². The predicted octanol–water partition coefficient (Wildman–Crippen LogP) is 1.58. The van der Waals surface area contributed by atoms with Crippen molar-refractivity contribution < 1.29 is 23.1 Å². The van der Waals surface area contributed by atoms with Crippen molar-refractivity contribution in [2.75, 3.05) is 13.2 Å². The number of rotatable bonds is 5. The van der Waals surface area contributed by atoms with Crippen LogP contribution in [0.15, 0.2) is 30.3 Å². The summed E-state index contributed by atoms with van der Waals surface area (Å²) in [4.78, 5) is 11.2. The molecule has 1 rings (SSSR count). The quantitative estimate of drug-likeness (QED) is 0.789. The van der Waals surface area contributed by atoms with Crippen LogP contribution >= 0.6 is 0 Å². The minimum atomic E-state index is -3.33. The highest BCUT2D eigenvalue weighted by Gasteiger charge is 2.27. The third kappa shape index (κ3) is 5.01. The molecule has 0 saturated carbocycles. The highest BCUT2D eigenvalue weighted by molar-refractivity contribution is 5.91. The normalized spacial score (nSPS) is 11.8. The van der Waals surface area contributed by atoms with Crippen molar-refractivity contribution >= 4 is 12.0 Å². The van der Waals surface area contributed by atoms with E-state index in [2.05, 4.69) is 0 Å². The zero-order valence-corrected chi connectivity index (χ0v) is 9.37. The van der Waals surface area contributed by atoms with Crippen LogP contribution in [0.2, 0.25) is 0 Å². The second-order valence-electron chi connectivity index (χ2n) is 3.62. The maximum atomic E-state index is 12.6. The lowest BCUT2D eigenvalue weighted by atomic mass is 10.2. The van der Waals surface area contributed by atoms with Gasteiger partial charge in [0.05, 0.1) is 6.54 Å². The monoisotopic (exact) mass is 259 g/mol. The topological polar surface area (TPSA) is 49.3 Å². The number of hydrogen-bond donors (Lipinski definition) is 2. The maximum Gasteiger partial charge on any atom is 0.287 e. The van der Waals surface area contributed by atoms with Crippen molar-refractivity contribution in [3.05, 3.63) is 41.7 Å². The van der Waals surface area contributed by atoms with Crippen LogP contribution in [-0.4, -0.2) is 30.1 Å². The summed E-state index contributed by atoms with van der Waals surface area (Å²) in [6.45, 7) is -2.26. The summed E-state index contributed by atoms with van der Waals surface area (Å²) < 4.78 is 37.7. The highest BCUT2D eigenvalue weighted by atomic mass is 19.3. The van der Waals surface area contributed by atoms with E-state index in [4.69, 9.17) is 5.11 Å². The molecule has 0 fully saturated rings. The van der Waals surface area contributed by atoms with Crippen LogP contribution < -0.4 is 5.32 Å². The molecule has 1 amide bonds. The van der Waals surface area contributed by atoms with Crippen molar-refractivity contribution in [2.45, 2.75) is 5.92 Å². The van der Waals surface area contributed by atoms with Gasteiger partial charge in [-0.15, -0.1) is 0 Å². The number of hydrogen-bond acceptors (Lipinski definition) is 2. The molecule has 0 unspecified atom stereocenters. The molecule has 0 aliphatic carbocycles. The van der Waals surface area contributed by atoms with Crippen LogP contribution in [0.3, 0.4) is 0 Å². The summed E-state index contributed by atoms with van der Waals surface area (Å²) in [5.74, 6) is -4.45. The third-order valence-corrected chi connectivity index (χ3v) is 2.05. The molecule has 0 heterocycles. The summed E-state index contributed by atoms with van der Waals surface area (Å²) in [7, 11) is 0. The van der Waals surface area contributed by atoms with Gasteiger partial charge in [0, 0.05) is 6.08 Å². The lowest BCUT2D eigenvalue weighted by molar-refractivity contribution is -0.119. The number of aliphatic hydroxyl groups excluding tert-OH is 1. The number of carbonyl (C=O) groups excluding carboxylic acids is 1. The van der Waals surface area contributed by atoms with E-state index in [1.54, 1.807) is 0 Å². The average Bonchev–Trinajstić information content (AvgIpc) is 2.36. The molecule has 0 bridgehead atoms. The largest absolute Gasteiger partial charge is 0.390 e. The summed E-state index contributed by atoms with van der Waals surface area (Å²) in [5.41, 5.74) is 0.570. The maximum absolute atomic E-state index is 12.6. The zero-order valence-electron chi connectivity index (χ0n) is 9.37. The molecule has 1 aromatic rings. The van der Waals surface area contributed by atoms with Gasteiger partial charge in [0.15, 0.2) is 0 Å². The van der Waals surface area contributed by atoms with Gasteiger partial charge in [-0.1, -0.05) is 12.1 Å². The molecule has 1 aromatic carbocycles. The van der Waals surface area contributed by atoms with Crippen molar-refractivity contribution in [1.82, 2.24) is 5.32 Å². The molecule has 0 atom stereocenters. The van der Waals surface area contributed by atoms with E-state index in [-0.39, 0.29) is 0 Å². The molecule has 98 valence electrons. The Morgan fingerprint density at radius 1 is 1.33 bits per heavy atom. The van der Waals surface area contributed by atoms with Gasteiger partial charge in [-0.3, -0.25) is 4.79 Å². The smallest absolute Gasteiger partial charge is 0.287 e. The number of aliphatic hydroxyl groups is 1. The number of carbonyl (C=O) groups is 1. The Morgan fingerprint density at radius 3 is 2.50 bits per heavy atom. The third-order valence-electron chi connectivity index (χ3n) is 2.05. The lowest BCUT2D eigenvalue weighted by Crippen LogP contribution is -2.38. The molecule has 2 N–H and O–H groups in total. The highest BCUT2D eigenvalue weighted by Crippen LogP contribution is 2.09.